The Morgan fingerprint density at radius 3 is 2.73 bits per heavy atom. The second-order valence-corrected chi connectivity index (χ2v) is 12.1. The summed E-state index contributed by atoms with van der Waals surface area (Å²) in [6.45, 7) is 4.32. The number of aryl methyl sites for hydroxylation is 1. The van der Waals surface area contributed by atoms with Crippen molar-refractivity contribution in [1.82, 2.24) is 24.8 Å². The fraction of sp³-hybridized carbons (Fsp3) is 0.607. The number of fused-ring (bicyclic) bond motifs is 1. The lowest BCUT2D eigenvalue weighted by Gasteiger charge is -2.42. The Kier molecular flexibility index (Phi) is 7.97. The molecule has 3 heterocycles. The molecule has 222 valence electrons. The molecule has 1 aliphatic carbocycles. The van der Waals surface area contributed by atoms with Crippen molar-refractivity contribution in [3.05, 3.63) is 39.7 Å². The number of carbonyl (C=O) groups is 3. The predicted octanol–water partition coefficient (Wildman–Crippen LogP) is 4.17. The maximum absolute atomic E-state index is 14.1. The van der Waals surface area contributed by atoms with Gasteiger partial charge in [-0.05, 0) is 49.8 Å². The summed E-state index contributed by atoms with van der Waals surface area (Å²) >= 11 is 6.63. The summed E-state index contributed by atoms with van der Waals surface area (Å²) in [5, 5.41) is 18.0. The second-order valence-electron chi connectivity index (χ2n) is 11.6. The number of alkyl halides is 2. The van der Waals surface area contributed by atoms with Gasteiger partial charge in [-0.15, -0.1) is 5.10 Å². The zero-order valence-electron chi connectivity index (χ0n) is 23.3. The number of carbonyl (C=O) groups excluding carboxylic acids is 2. The van der Waals surface area contributed by atoms with E-state index in [9.17, 15) is 28.3 Å². The van der Waals surface area contributed by atoms with E-state index < -0.39 is 29.8 Å². The van der Waals surface area contributed by atoms with Gasteiger partial charge in [-0.1, -0.05) is 30.2 Å². The van der Waals surface area contributed by atoms with Gasteiger partial charge in [0, 0.05) is 43.7 Å². The summed E-state index contributed by atoms with van der Waals surface area (Å²) < 4.78 is 34.4. The third-order valence-corrected chi connectivity index (χ3v) is 9.27. The maximum Gasteiger partial charge on any atom is 0.310 e. The van der Waals surface area contributed by atoms with Gasteiger partial charge >= 0.3 is 5.97 Å². The second kappa shape index (κ2) is 11.2. The van der Waals surface area contributed by atoms with E-state index in [4.69, 9.17) is 16.3 Å². The lowest BCUT2D eigenvalue weighted by atomic mass is 9.78. The van der Waals surface area contributed by atoms with E-state index in [0.29, 0.717) is 61.5 Å². The summed E-state index contributed by atoms with van der Waals surface area (Å²) in [5.74, 6) is -1.53. The Morgan fingerprint density at radius 1 is 1.32 bits per heavy atom. The lowest BCUT2D eigenvalue weighted by molar-refractivity contribution is -0.157. The molecule has 2 fully saturated rings. The van der Waals surface area contributed by atoms with Crippen molar-refractivity contribution in [3.63, 3.8) is 0 Å². The van der Waals surface area contributed by atoms with Crippen molar-refractivity contribution >= 4 is 29.4 Å². The van der Waals surface area contributed by atoms with Gasteiger partial charge in [-0.25, -0.2) is 13.5 Å². The zero-order chi connectivity index (χ0) is 29.6. The van der Waals surface area contributed by atoms with Crippen LogP contribution in [-0.4, -0.2) is 67.3 Å². The number of nitrogens with zero attached hydrogens (tertiary/aromatic N) is 5. The molecule has 0 spiro atoms. The Morgan fingerprint density at radius 2 is 2.07 bits per heavy atom. The minimum Gasteiger partial charge on any atom is -0.487 e. The van der Waals surface area contributed by atoms with Gasteiger partial charge in [-0.3, -0.25) is 14.4 Å². The molecule has 13 heteroatoms. The van der Waals surface area contributed by atoms with Crippen LogP contribution < -0.4 is 4.74 Å². The fourth-order valence-electron chi connectivity index (χ4n) is 6.66. The van der Waals surface area contributed by atoms with Crippen LogP contribution in [0.3, 0.4) is 0 Å². The summed E-state index contributed by atoms with van der Waals surface area (Å²) in [6, 6.07) is 2.63. The number of aromatic nitrogens is 3. The molecule has 2 aromatic rings. The smallest absolute Gasteiger partial charge is 0.310 e. The highest BCUT2D eigenvalue weighted by atomic mass is 35.5. The van der Waals surface area contributed by atoms with Crippen molar-refractivity contribution in [2.45, 2.75) is 65.0 Å². The number of ether oxygens (including phenoxy) is 1. The number of likely N-dealkylation sites (tertiary alicyclic amines) is 1. The van der Waals surface area contributed by atoms with Gasteiger partial charge in [0.25, 0.3) is 6.43 Å². The number of hydrogen-bond donors (Lipinski definition) is 1. The summed E-state index contributed by atoms with van der Waals surface area (Å²) in [5.41, 5.74) is -0.212. The predicted molar refractivity (Wildman–Crippen MR) is 143 cm³/mol. The van der Waals surface area contributed by atoms with Gasteiger partial charge in [0.2, 0.25) is 11.8 Å². The molecule has 0 radical (unpaired) electrons. The van der Waals surface area contributed by atoms with Crippen molar-refractivity contribution in [2.75, 3.05) is 19.6 Å². The molecule has 0 unspecified atom stereocenters. The van der Waals surface area contributed by atoms with Gasteiger partial charge in [0.1, 0.15) is 23.7 Å². The highest BCUT2D eigenvalue weighted by molar-refractivity contribution is 6.31. The minimum absolute atomic E-state index is 0.0155. The molecule has 2 aliphatic heterocycles. The van der Waals surface area contributed by atoms with Crippen molar-refractivity contribution in [1.29, 1.82) is 0 Å². The van der Waals surface area contributed by atoms with E-state index in [0.717, 1.165) is 10.2 Å². The highest BCUT2D eigenvalue weighted by Crippen LogP contribution is 2.47. The van der Waals surface area contributed by atoms with Crippen molar-refractivity contribution < 1.29 is 33.0 Å². The molecule has 4 atom stereocenters. The Labute approximate surface area is 241 Å². The molecule has 1 aromatic heterocycles. The monoisotopic (exact) mass is 593 g/mol. The molecular weight excluding hydrogens is 560 g/mol. The molecule has 10 nitrogen and oxygen atoms in total. The number of halogens is 3. The summed E-state index contributed by atoms with van der Waals surface area (Å²) in [7, 11) is 1.38. The molecule has 0 bridgehead atoms. The summed E-state index contributed by atoms with van der Waals surface area (Å²) in [4.78, 5) is 42.6. The topological polar surface area (TPSA) is 118 Å². The van der Waals surface area contributed by atoms with E-state index in [2.05, 4.69) is 10.3 Å². The van der Waals surface area contributed by atoms with Crippen LogP contribution in [0.2, 0.25) is 5.02 Å². The first kappa shape index (κ1) is 29.2. The van der Waals surface area contributed by atoms with E-state index in [-0.39, 0.29) is 42.3 Å². The van der Waals surface area contributed by atoms with Crippen LogP contribution in [0, 0.1) is 17.3 Å². The van der Waals surface area contributed by atoms with Crippen LogP contribution in [0.1, 0.15) is 74.5 Å². The normalized spacial score (nSPS) is 26.1. The van der Waals surface area contributed by atoms with Crippen LogP contribution in [-0.2, 0) is 34.5 Å². The van der Waals surface area contributed by atoms with E-state index in [1.165, 1.54) is 7.05 Å². The number of hydrogen-bond acceptors (Lipinski definition) is 6. The number of benzene rings is 1. The van der Waals surface area contributed by atoms with Crippen LogP contribution in [0.5, 0.6) is 5.75 Å². The van der Waals surface area contributed by atoms with Crippen molar-refractivity contribution in [3.8, 4) is 5.75 Å². The SMILES string of the molecule is C[C@@H]1CC(=O)N(C[C@@H]2c3c(OCc4nnn(C)c4C(F)F)ccc(Cl)c3CCN2C(=O)[C@@H]2CCC[C@]2(C)C(=O)O)C1. The van der Waals surface area contributed by atoms with Gasteiger partial charge in [-0.2, -0.15) is 0 Å². The highest BCUT2D eigenvalue weighted by Gasteiger charge is 2.51. The first-order chi connectivity index (χ1) is 19.4. The Hall–Kier alpha value is -3.28. The first-order valence-corrected chi connectivity index (χ1v) is 14.2. The zero-order valence-corrected chi connectivity index (χ0v) is 24.0. The molecule has 3 aliphatic rings. The molecule has 5 rings (SSSR count). The van der Waals surface area contributed by atoms with Gasteiger partial charge in [0.15, 0.2) is 0 Å². The number of aliphatic carboxylic acids is 1. The Balaban J connectivity index is 1.54. The van der Waals surface area contributed by atoms with Crippen LogP contribution in [0.15, 0.2) is 12.1 Å². The van der Waals surface area contributed by atoms with Crippen LogP contribution in [0.4, 0.5) is 8.78 Å². The molecule has 1 saturated carbocycles. The summed E-state index contributed by atoms with van der Waals surface area (Å²) in [6.07, 6.45) is -0.523. The molecule has 1 aromatic carbocycles. The number of rotatable bonds is 8. The van der Waals surface area contributed by atoms with E-state index in [1.807, 2.05) is 6.92 Å². The third-order valence-electron chi connectivity index (χ3n) is 8.92. The van der Waals surface area contributed by atoms with E-state index in [1.54, 1.807) is 28.9 Å². The molecular formula is C28H34ClF2N5O5. The lowest BCUT2D eigenvalue weighted by Crippen LogP contribution is -2.50. The first-order valence-electron chi connectivity index (χ1n) is 13.8. The number of amides is 2. The number of carboxylic acid groups (broad SMARTS) is 1. The van der Waals surface area contributed by atoms with Gasteiger partial charge < -0.3 is 19.6 Å². The maximum atomic E-state index is 14.1. The largest absolute Gasteiger partial charge is 0.487 e. The Bertz CT molecular complexity index is 1370. The molecule has 1 saturated heterocycles. The fourth-order valence-corrected chi connectivity index (χ4v) is 6.92. The molecule has 1 N–H and O–H groups in total. The minimum atomic E-state index is -2.80. The number of carboxylic acids is 1. The van der Waals surface area contributed by atoms with Crippen LogP contribution in [0.25, 0.3) is 0 Å². The van der Waals surface area contributed by atoms with Gasteiger partial charge in [0.05, 0.1) is 17.4 Å². The van der Waals surface area contributed by atoms with Crippen molar-refractivity contribution in [2.24, 2.45) is 24.3 Å². The third kappa shape index (κ3) is 5.26. The molecule has 41 heavy (non-hydrogen) atoms. The van der Waals surface area contributed by atoms with Crippen LogP contribution >= 0.6 is 11.6 Å². The standard InChI is InChI=1S/C28H34ClF2N5O5/c1-15-11-22(37)35(12-15)13-20-23-16(8-10-36(20)26(38)17-5-4-9-28(17,2)27(39)40)18(29)6-7-21(23)41-14-19-24(25(30)31)34(3)33-32-19/h6-7,15,17,20,25H,4-5,8-14H2,1-3H3,(H,39,40)/t15-,17+,20-,28+/m1/s1. The van der Waals surface area contributed by atoms with E-state index >= 15 is 0 Å². The quantitative estimate of drug-likeness (QED) is 0.488. The average molecular weight is 594 g/mol. The average Bonchev–Trinajstić information content (AvgIpc) is 3.59. The molecule has 2 amide bonds.